The van der Waals surface area contributed by atoms with Crippen LogP contribution >= 0.6 is 21.6 Å². The molecule has 2 atom stereocenters. The molecule has 0 saturated heterocycles. The highest BCUT2D eigenvalue weighted by Crippen LogP contribution is 2.25. The van der Waals surface area contributed by atoms with Crippen LogP contribution in [-0.2, 0) is 29.3 Å². The van der Waals surface area contributed by atoms with Gasteiger partial charge in [0.25, 0.3) is 0 Å². The monoisotopic (exact) mass is 760 g/mol. The van der Waals surface area contributed by atoms with Crippen molar-refractivity contribution in [2.75, 3.05) is 46.9 Å². The number of benzene rings is 4. The Morgan fingerprint density at radius 3 is 1.10 bits per heavy atom. The molecule has 0 fully saturated rings. The number of carbonyl (C=O) groups is 2. The maximum atomic E-state index is 12.8. The number of nitrogen functional groups attached to an aromatic ring is 2. The van der Waals surface area contributed by atoms with E-state index >= 15 is 0 Å². The highest BCUT2D eigenvalue weighted by molar-refractivity contribution is 8.76. The van der Waals surface area contributed by atoms with Crippen molar-refractivity contribution in [3.63, 3.8) is 0 Å². The highest BCUT2D eigenvalue weighted by atomic mass is 33.1. The minimum Gasteiger partial charge on any atom is -0.480 e. The number of aliphatic carboxylic acids is 2. The van der Waals surface area contributed by atoms with Gasteiger partial charge in [-0.1, -0.05) is 21.6 Å². The summed E-state index contributed by atoms with van der Waals surface area (Å²) in [6.07, 6.45) is 0. The fraction of sp³-hybridized carbons (Fsp3) is 0.188. The fourth-order valence-corrected chi connectivity index (χ4v) is 9.19. The van der Waals surface area contributed by atoms with Crippen molar-refractivity contribution >= 4 is 76.0 Å². The van der Waals surface area contributed by atoms with Crippen molar-refractivity contribution in [1.29, 1.82) is 0 Å². The molecule has 0 aliphatic rings. The molecule has 0 bridgehead atoms. The van der Waals surface area contributed by atoms with Crippen LogP contribution in [0.5, 0.6) is 0 Å². The molecule has 0 saturated carbocycles. The number of hydrogen-bond donors (Lipinski definition) is 8. The molecule has 266 valence electrons. The van der Waals surface area contributed by atoms with Gasteiger partial charge in [-0.25, -0.2) is 16.8 Å². The van der Waals surface area contributed by atoms with E-state index in [1.807, 2.05) is 0 Å². The van der Waals surface area contributed by atoms with Crippen LogP contribution in [0.3, 0.4) is 0 Å². The lowest BCUT2D eigenvalue weighted by Crippen LogP contribution is -2.42. The Bertz CT molecular complexity index is 1820. The second-order valence-corrected chi connectivity index (χ2v) is 17.1. The van der Waals surface area contributed by atoms with Gasteiger partial charge in [0, 0.05) is 34.3 Å². The average Bonchev–Trinajstić information content (AvgIpc) is 3.09. The Morgan fingerprint density at radius 1 is 0.540 bits per heavy atom. The fourth-order valence-electron chi connectivity index (χ4n) is 4.29. The summed E-state index contributed by atoms with van der Waals surface area (Å²) in [6.45, 7) is 0.150. The van der Waals surface area contributed by atoms with Gasteiger partial charge >= 0.3 is 11.9 Å². The van der Waals surface area contributed by atoms with Gasteiger partial charge in [-0.15, -0.1) is 0 Å². The zero-order chi connectivity index (χ0) is 36.3. The lowest BCUT2D eigenvalue weighted by molar-refractivity contribution is -0.139. The van der Waals surface area contributed by atoms with Crippen molar-refractivity contribution in [2.45, 2.75) is 31.7 Å². The molecule has 0 amide bonds. The Labute approximate surface area is 297 Å². The van der Waals surface area contributed by atoms with E-state index in [0.717, 1.165) is 0 Å². The number of hydrogen-bond acceptors (Lipinski definition) is 14. The summed E-state index contributed by atoms with van der Waals surface area (Å²) < 4.78 is 51.3. The summed E-state index contributed by atoms with van der Waals surface area (Å²) in [5.41, 5.74) is 13.3. The third-order valence-electron chi connectivity index (χ3n) is 7.14. The molecule has 0 heterocycles. The van der Waals surface area contributed by atoms with Crippen LogP contribution in [0.1, 0.15) is 0 Å². The molecule has 0 aliphatic carbocycles. The summed E-state index contributed by atoms with van der Waals surface area (Å²) in [7, 11) is -5.04. The van der Waals surface area contributed by atoms with Crippen LogP contribution in [0.2, 0.25) is 0 Å². The molecule has 4 aromatic rings. The van der Waals surface area contributed by atoms with E-state index in [0.29, 0.717) is 22.7 Å². The first-order chi connectivity index (χ1) is 23.8. The first-order valence-electron chi connectivity index (χ1n) is 14.8. The molecule has 0 radical (unpaired) electrons. The van der Waals surface area contributed by atoms with E-state index < -0.39 is 43.7 Å². The van der Waals surface area contributed by atoms with Crippen LogP contribution < -0.4 is 32.7 Å². The van der Waals surface area contributed by atoms with Gasteiger partial charge in [0.2, 0.25) is 19.7 Å². The second-order valence-electron chi connectivity index (χ2n) is 10.7. The molecule has 14 nitrogen and oxygen atoms in total. The van der Waals surface area contributed by atoms with E-state index in [-0.39, 0.29) is 44.4 Å². The van der Waals surface area contributed by atoms with E-state index in [9.17, 15) is 36.6 Å². The molecule has 0 aliphatic heterocycles. The summed E-state index contributed by atoms with van der Waals surface area (Å²) in [6, 6.07) is 22.0. The van der Waals surface area contributed by atoms with Gasteiger partial charge in [0.1, 0.15) is 12.1 Å². The average molecular weight is 761 g/mol. The zero-order valence-corrected chi connectivity index (χ0v) is 29.6. The molecule has 0 aromatic heterocycles. The van der Waals surface area contributed by atoms with Crippen LogP contribution in [0, 0.1) is 0 Å². The molecule has 10 N–H and O–H groups in total. The first kappa shape index (κ1) is 38.3. The smallest absolute Gasteiger partial charge is 0.321 e. The van der Waals surface area contributed by atoms with Crippen LogP contribution in [0.25, 0.3) is 0 Å². The summed E-state index contributed by atoms with van der Waals surface area (Å²) in [5.74, 6) is -1.91. The van der Waals surface area contributed by atoms with E-state index in [4.69, 9.17) is 11.5 Å². The standard InChI is InChI=1S/C32H36N6O8S4/c33-21-1-9-25(10-2-21)49(43,44)27-13-5-23(6-14-27)35-19-37-29(31(39)40)17-47-48-18-30(32(41)42)38-20-36-24-7-15-28(16-8-24)50(45,46)26-11-3-22(34)4-12-26/h1-16,29-30,35-38H,17-20,33-34H2,(H,39,40)(H,41,42)/t29-,30+. The van der Waals surface area contributed by atoms with Crippen molar-refractivity contribution in [3.8, 4) is 0 Å². The maximum absolute atomic E-state index is 12.8. The number of carboxylic acids is 2. The molecule has 50 heavy (non-hydrogen) atoms. The number of rotatable bonds is 19. The lowest BCUT2D eigenvalue weighted by Gasteiger charge is -2.17. The molecular formula is C32H36N6O8S4. The predicted octanol–water partition coefficient (Wildman–Crippen LogP) is 3.42. The molecule has 0 unspecified atom stereocenters. The van der Waals surface area contributed by atoms with Gasteiger partial charge in [0.15, 0.2) is 0 Å². The van der Waals surface area contributed by atoms with E-state index in [1.165, 1.54) is 94.4 Å². The predicted molar refractivity (Wildman–Crippen MR) is 197 cm³/mol. The summed E-state index contributed by atoms with van der Waals surface area (Å²) in [5, 5.41) is 31.0. The Kier molecular flexibility index (Phi) is 13.4. The molecule has 0 spiro atoms. The van der Waals surface area contributed by atoms with Crippen LogP contribution in [0.15, 0.2) is 117 Å². The van der Waals surface area contributed by atoms with Gasteiger partial charge in [0.05, 0.1) is 32.9 Å². The molecule has 18 heteroatoms. The number of nitrogens with two attached hydrogens (primary N) is 2. The Morgan fingerprint density at radius 2 is 0.820 bits per heavy atom. The van der Waals surface area contributed by atoms with Gasteiger partial charge in [-0.3, -0.25) is 20.2 Å². The zero-order valence-electron chi connectivity index (χ0n) is 26.4. The number of nitrogens with one attached hydrogen (secondary N) is 4. The molecular weight excluding hydrogens is 725 g/mol. The Balaban J connectivity index is 1.18. The van der Waals surface area contributed by atoms with E-state index in [2.05, 4.69) is 21.3 Å². The largest absolute Gasteiger partial charge is 0.480 e. The number of sulfone groups is 2. The first-order valence-corrected chi connectivity index (χ1v) is 20.3. The highest BCUT2D eigenvalue weighted by Gasteiger charge is 2.21. The van der Waals surface area contributed by atoms with Crippen molar-refractivity contribution in [2.24, 2.45) is 0 Å². The van der Waals surface area contributed by atoms with E-state index in [1.54, 1.807) is 24.3 Å². The van der Waals surface area contributed by atoms with Crippen molar-refractivity contribution < 1.29 is 36.6 Å². The van der Waals surface area contributed by atoms with Gasteiger partial charge in [-0.2, -0.15) is 0 Å². The maximum Gasteiger partial charge on any atom is 0.321 e. The SMILES string of the molecule is Nc1ccc(S(=O)(=O)c2ccc(NCN[C@@H](CSSC[C@@H](NCNc3ccc(S(=O)(=O)c4ccc(N)cc4)cc3)C(=O)O)C(=O)O)cc2)cc1. The van der Waals surface area contributed by atoms with Gasteiger partial charge in [-0.05, 0) is 97.1 Å². The van der Waals surface area contributed by atoms with Crippen LogP contribution in [0.4, 0.5) is 22.7 Å². The molecule has 4 aromatic carbocycles. The minimum atomic E-state index is -3.72. The summed E-state index contributed by atoms with van der Waals surface area (Å²) in [4.78, 5) is 24.0. The summed E-state index contributed by atoms with van der Waals surface area (Å²) >= 11 is 0. The number of anilines is 4. The quantitative estimate of drug-likeness (QED) is 0.0295. The third kappa shape index (κ3) is 10.5. The number of carboxylic acid groups (broad SMARTS) is 2. The van der Waals surface area contributed by atoms with Gasteiger partial charge < -0.3 is 32.3 Å². The third-order valence-corrected chi connectivity index (χ3v) is 13.1. The Hall–Kier alpha value is -4.46. The minimum absolute atomic E-state index is 0.0749. The van der Waals surface area contributed by atoms with Crippen molar-refractivity contribution in [3.05, 3.63) is 97.1 Å². The lowest BCUT2D eigenvalue weighted by atomic mass is 10.3. The topological polar surface area (TPSA) is 243 Å². The normalized spacial score (nSPS) is 12.9. The van der Waals surface area contributed by atoms with Crippen molar-refractivity contribution in [1.82, 2.24) is 10.6 Å². The molecule has 4 rings (SSSR count). The van der Waals surface area contributed by atoms with Crippen LogP contribution in [-0.4, -0.2) is 75.9 Å². The second kappa shape index (κ2) is 17.5.